The molecule has 1 aromatic heterocycles. The molecule has 10 nitrogen and oxygen atoms in total. The van der Waals surface area contributed by atoms with E-state index in [0.717, 1.165) is 15.9 Å². The summed E-state index contributed by atoms with van der Waals surface area (Å²) in [5.41, 5.74) is 6.86. The predicted octanol–water partition coefficient (Wildman–Crippen LogP) is 1.33. The summed E-state index contributed by atoms with van der Waals surface area (Å²) < 4.78 is 17.2. The summed E-state index contributed by atoms with van der Waals surface area (Å²) in [5.74, 6) is -1.62. The Bertz CT molecular complexity index is 1660. The molecule has 0 saturated carbocycles. The normalized spacial score (nSPS) is 15.2. The second kappa shape index (κ2) is 10.1. The van der Waals surface area contributed by atoms with Crippen molar-refractivity contribution in [2.45, 2.75) is 12.8 Å². The summed E-state index contributed by atoms with van der Waals surface area (Å²) in [6.45, 7) is 1.71. The van der Waals surface area contributed by atoms with Crippen molar-refractivity contribution in [2.75, 3.05) is 20.8 Å². The van der Waals surface area contributed by atoms with Gasteiger partial charge in [-0.2, -0.15) is 5.26 Å². The third-order valence-electron chi connectivity index (χ3n) is 5.80. The van der Waals surface area contributed by atoms with Crippen LogP contribution in [0.5, 0.6) is 23.0 Å². The van der Waals surface area contributed by atoms with Gasteiger partial charge in [0.2, 0.25) is 0 Å². The Balaban J connectivity index is 2.08. The molecule has 2 aromatic carbocycles. The van der Waals surface area contributed by atoms with Gasteiger partial charge >= 0.3 is 5.97 Å². The molecule has 0 saturated heterocycles. The number of ether oxygens (including phenoxy) is 3. The number of hydrogen-bond acceptors (Lipinski definition) is 10. The Kier molecular flexibility index (Phi) is 6.95. The highest BCUT2D eigenvalue weighted by Crippen LogP contribution is 2.39. The molecule has 11 heteroatoms. The lowest BCUT2D eigenvalue weighted by Gasteiger charge is -2.25. The van der Waals surface area contributed by atoms with Gasteiger partial charge in [0.05, 0.1) is 48.5 Å². The van der Waals surface area contributed by atoms with Crippen LogP contribution in [-0.2, 0) is 9.53 Å². The van der Waals surface area contributed by atoms with Crippen LogP contribution in [0.15, 0.2) is 46.8 Å². The van der Waals surface area contributed by atoms with Crippen LogP contribution in [0.25, 0.3) is 17.5 Å². The largest absolute Gasteiger partial charge is 0.504 e. The Morgan fingerprint density at radius 1 is 1.16 bits per heavy atom. The quantitative estimate of drug-likeness (QED) is 0.407. The number of rotatable bonds is 6. The highest BCUT2D eigenvalue weighted by atomic mass is 32.1. The first-order valence-corrected chi connectivity index (χ1v) is 11.9. The summed E-state index contributed by atoms with van der Waals surface area (Å²) in [7, 11) is 2.79. The number of carbonyl (C=O) groups is 1. The molecule has 0 aliphatic carbocycles. The summed E-state index contributed by atoms with van der Waals surface area (Å²) in [6, 6.07) is 11.1. The monoisotopic (exact) mass is 521 g/mol. The molecule has 0 amide bonds. The summed E-state index contributed by atoms with van der Waals surface area (Å²) in [4.78, 5) is 26.7. The van der Waals surface area contributed by atoms with E-state index in [0.29, 0.717) is 11.1 Å². The lowest BCUT2D eigenvalue weighted by Crippen LogP contribution is -2.40. The molecule has 190 valence electrons. The first-order valence-electron chi connectivity index (χ1n) is 11.0. The number of methoxy groups -OCH3 is 2. The van der Waals surface area contributed by atoms with Crippen molar-refractivity contribution in [3.8, 4) is 29.1 Å². The van der Waals surface area contributed by atoms with Crippen LogP contribution < -0.4 is 30.0 Å². The van der Waals surface area contributed by atoms with Crippen LogP contribution in [0.2, 0.25) is 0 Å². The van der Waals surface area contributed by atoms with E-state index in [4.69, 9.17) is 19.9 Å². The van der Waals surface area contributed by atoms with Crippen molar-refractivity contribution in [3.63, 3.8) is 0 Å². The van der Waals surface area contributed by atoms with Gasteiger partial charge in [0, 0.05) is 0 Å². The van der Waals surface area contributed by atoms with E-state index < -0.39 is 17.4 Å². The van der Waals surface area contributed by atoms with Gasteiger partial charge in [-0.1, -0.05) is 12.1 Å². The number of phenolic OH excluding ortho intramolecular Hbond substituents is 2. The topological polar surface area (TPSA) is 157 Å². The number of benzene rings is 2. The van der Waals surface area contributed by atoms with Crippen LogP contribution in [0.4, 0.5) is 0 Å². The number of allylic oxidation sites excluding steroid dienone is 1. The fourth-order valence-corrected chi connectivity index (χ4v) is 5.26. The van der Waals surface area contributed by atoms with Gasteiger partial charge in [0.1, 0.15) is 10.5 Å². The molecule has 4 N–H and O–H groups in total. The van der Waals surface area contributed by atoms with Crippen LogP contribution in [-0.4, -0.2) is 41.6 Å². The number of nitriles is 1. The Labute approximate surface area is 215 Å². The summed E-state index contributed by atoms with van der Waals surface area (Å²) in [5, 5.41) is 30.0. The number of carbonyl (C=O) groups excluding carboxylic acids is 1. The maximum absolute atomic E-state index is 13.4. The number of hydrogen-bond donors (Lipinski definition) is 3. The van der Waals surface area contributed by atoms with E-state index in [1.807, 2.05) is 6.07 Å². The van der Waals surface area contributed by atoms with Gasteiger partial charge < -0.3 is 30.2 Å². The SMILES string of the molecule is CCOC(=O)C1=c2s/c(=C\c3ccc(O)c(OC)c3)c(=O)n2C(N)=C(C#N)[C@H]1c1ccc(O)c(OC)c1. The third kappa shape index (κ3) is 4.39. The maximum atomic E-state index is 13.4. The van der Waals surface area contributed by atoms with Gasteiger partial charge in [-0.3, -0.25) is 9.36 Å². The van der Waals surface area contributed by atoms with Crippen LogP contribution in [0.1, 0.15) is 24.0 Å². The molecule has 1 aliphatic rings. The number of thiazole rings is 1. The molecule has 37 heavy (non-hydrogen) atoms. The van der Waals surface area contributed by atoms with Crippen molar-refractivity contribution >= 4 is 34.8 Å². The van der Waals surface area contributed by atoms with E-state index in [-0.39, 0.29) is 55.8 Å². The van der Waals surface area contributed by atoms with E-state index >= 15 is 0 Å². The van der Waals surface area contributed by atoms with Crippen LogP contribution >= 0.6 is 11.3 Å². The highest BCUT2D eigenvalue weighted by molar-refractivity contribution is 7.07. The average Bonchev–Trinajstić information content (AvgIpc) is 3.21. The Morgan fingerprint density at radius 2 is 1.81 bits per heavy atom. The number of nitrogens with two attached hydrogens (primary N) is 1. The predicted molar refractivity (Wildman–Crippen MR) is 137 cm³/mol. The molecule has 0 unspecified atom stereocenters. The molecule has 0 spiro atoms. The second-order valence-corrected chi connectivity index (χ2v) is 8.93. The van der Waals surface area contributed by atoms with Gasteiger partial charge in [0.25, 0.3) is 5.56 Å². The number of aromatic hydroxyl groups is 2. The minimum absolute atomic E-state index is 0.0268. The zero-order valence-electron chi connectivity index (χ0n) is 20.1. The van der Waals surface area contributed by atoms with Crippen molar-refractivity contribution in [1.82, 2.24) is 4.57 Å². The molecule has 3 aromatic rings. The van der Waals surface area contributed by atoms with Crippen LogP contribution in [0, 0.1) is 11.3 Å². The minimum Gasteiger partial charge on any atom is -0.504 e. The molecular weight excluding hydrogens is 498 g/mol. The molecule has 2 heterocycles. The fourth-order valence-electron chi connectivity index (χ4n) is 4.10. The molecule has 4 rings (SSSR count). The number of phenols is 2. The highest BCUT2D eigenvalue weighted by Gasteiger charge is 2.36. The molecule has 0 radical (unpaired) electrons. The smallest absolute Gasteiger partial charge is 0.338 e. The molecular formula is C26H23N3O7S. The number of esters is 1. The zero-order chi connectivity index (χ0) is 26.9. The number of nitrogens with zero attached hydrogens (tertiary/aromatic N) is 2. The zero-order valence-corrected chi connectivity index (χ0v) is 21.0. The lowest BCUT2D eigenvalue weighted by atomic mass is 9.83. The molecule has 1 aliphatic heterocycles. The van der Waals surface area contributed by atoms with E-state index in [1.54, 1.807) is 31.2 Å². The second-order valence-electron chi connectivity index (χ2n) is 7.90. The van der Waals surface area contributed by atoms with E-state index in [2.05, 4.69) is 0 Å². The lowest BCUT2D eigenvalue weighted by molar-refractivity contribution is -0.136. The van der Waals surface area contributed by atoms with Crippen molar-refractivity contribution in [3.05, 3.63) is 72.6 Å². The molecule has 0 fully saturated rings. The first kappa shape index (κ1) is 25.4. The maximum Gasteiger partial charge on any atom is 0.338 e. The molecule has 0 bridgehead atoms. The number of aromatic nitrogens is 1. The van der Waals surface area contributed by atoms with Gasteiger partial charge in [0.15, 0.2) is 23.0 Å². The fraction of sp³-hybridized carbons (Fsp3) is 0.192. The minimum atomic E-state index is -0.974. The third-order valence-corrected chi connectivity index (χ3v) is 6.91. The Hall–Kier alpha value is -4.69. The standard InChI is InChI=1S/C26H23N3O7S/c1-4-36-26(33)22-21(14-6-8-17(31)19(11-14)35-3)15(12-27)23(28)29-24(32)20(37-25(22)29)10-13-5-7-16(30)18(9-13)34-2/h5-11,21,30-31H,4,28H2,1-3H3/b20-10-/t21-/m1/s1. The van der Waals surface area contributed by atoms with E-state index in [9.17, 15) is 25.1 Å². The van der Waals surface area contributed by atoms with E-state index in [1.165, 1.54) is 32.4 Å². The average molecular weight is 522 g/mol. The molecule has 1 atom stereocenters. The summed E-state index contributed by atoms with van der Waals surface area (Å²) in [6.07, 6.45) is 1.57. The van der Waals surface area contributed by atoms with Crippen molar-refractivity contribution in [2.24, 2.45) is 5.73 Å². The van der Waals surface area contributed by atoms with Crippen LogP contribution in [0.3, 0.4) is 0 Å². The first-order chi connectivity index (χ1) is 17.7. The van der Waals surface area contributed by atoms with Crippen molar-refractivity contribution < 1.29 is 29.2 Å². The van der Waals surface area contributed by atoms with Gasteiger partial charge in [-0.05, 0) is 48.4 Å². The number of fused-ring (bicyclic) bond motifs is 1. The van der Waals surface area contributed by atoms with Gasteiger partial charge in [-0.15, -0.1) is 11.3 Å². The summed E-state index contributed by atoms with van der Waals surface area (Å²) >= 11 is 1.01. The Morgan fingerprint density at radius 3 is 2.43 bits per heavy atom. The van der Waals surface area contributed by atoms with Gasteiger partial charge in [-0.25, -0.2) is 4.79 Å². The van der Waals surface area contributed by atoms with Crippen molar-refractivity contribution in [1.29, 1.82) is 5.26 Å².